The molecule has 0 aliphatic carbocycles. The molecule has 0 saturated heterocycles. The Morgan fingerprint density at radius 1 is 0.393 bits per heavy atom. The summed E-state index contributed by atoms with van der Waals surface area (Å²) in [5, 5.41) is 7.58. The van der Waals surface area contributed by atoms with Gasteiger partial charge in [-0.1, -0.05) is 109 Å². The summed E-state index contributed by atoms with van der Waals surface area (Å²) >= 11 is 0. The van der Waals surface area contributed by atoms with Gasteiger partial charge in [0.2, 0.25) is 0 Å². The molecule has 0 fully saturated rings. The highest BCUT2D eigenvalue weighted by molar-refractivity contribution is 6.08. The molecule has 0 unspecified atom stereocenters. The molecule has 56 heavy (non-hydrogen) atoms. The Morgan fingerprint density at radius 3 is 1.73 bits per heavy atom. The summed E-state index contributed by atoms with van der Waals surface area (Å²) < 4.78 is 0. The van der Waals surface area contributed by atoms with E-state index in [1.165, 1.54) is 0 Å². The molecule has 11 rings (SSSR count). The largest absolute Gasteiger partial charge is 0.282 e. The fourth-order valence-corrected chi connectivity index (χ4v) is 7.95. The number of fused-ring (bicyclic) bond motifs is 7. The van der Waals surface area contributed by atoms with E-state index in [9.17, 15) is 0 Å². The second-order valence-electron chi connectivity index (χ2n) is 14.1. The van der Waals surface area contributed by atoms with E-state index in [1.54, 1.807) is 0 Å². The van der Waals surface area contributed by atoms with Crippen LogP contribution in [0.25, 0.3) is 106 Å². The standard InChI is InChI=1S/C49H31N7/c1-2-8-33-27-38(16-15-30(33)7-1)49-55-47(36-11-3-9-34(28-36)39-21-25-52-45-41(39)19-17-31-13-5-23-50-43(31)45)54-48(56-49)37-12-4-10-35(29-37)40-22-26-53-46-42(40)20-18-32-14-6-24-51-44(32)46/h1-5,7-23,25-29H,6,24H2. The summed E-state index contributed by atoms with van der Waals surface area (Å²) in [5.41, 5.74) is 9.64. The van der Waals surface area contributed by atoms with Crippen LogP contribution in [0.3, 0.4) is 0 Å². The van der Waals surface area contributed by atoms with Crippen molar-refractivity contribution in [1.29, 1.82) is 0 Å². The van der Waals surface area contributed by atoms with Gasteiger partial charge in [-0.05, 0) is 81.1 Å². The SMILES string of the molecule is C1=c2ccc3c(-c4cccc(-c5nc(-c6cccc(-c7ccnc8c7ccc7cccnc78)c6)nc(-c6ccc7ccccc7c6)n5)c4)ccnc3c2=NCC1. The van der Waals surface area contributed by atoms with Gasteiger partial charge in [-0.25, -0.2) is 15.0 Å². The van der Waals surface area contributed by atoms with Crippen molar-refractivity contribution < 1.29 is 0 Å². The van der Waals surface area contributed by atoms with E-state index in [4.69, 9.17) is 29.9 Å². The molecular formula is C49H31N7. The molecule has 0 atom stereocenters. The van der Waals surface area contributed by atoms with Gasteiger partial charge >= 0.3 is 0 Å². The third-order valence-corrected chi connectivity index (χ3v) is 10.7. The predicted octanol–water partition coefficient (Wildman–Crippen LogP) is 9.81. The van der Waals surface area contributed by atoms with Crippen LogP contribution in [0, 0.1) is 0 Å². The van der Waals surface area contributed by atoms with E-state index in [1.807, 2.05) is 24.7 Å². The minimum Gasteiger partial charge on any atom is -0.282 e. The van der Waals surface area contributed by atoms with Crippen LogP contribution in [-0.4, -0.2) is 36.4 Å². The van der Waals surface area contributed by atoms with Gasteiger partial charge in [0.1, 0.15) is 0 Å². The maximum absolute atomic E-state index is 5.18. The molecule has 7 nitrogen and oxygen atoms in total. The van der Waals surface area contributed by atoms with Crippen molar-refractivity contribution in [2.24, 2.45) is 4.99 Å². The zero-order valence-corrected chi connectivity index (χ0v) is 30.1. The second kappa shape index (κ2) is 13.1. The van der Waals surface area contributed by atoms with Gasteiger partial charge in [0, 0.05) is 58.0 Å². The fraction of sp³-hybridized carbons (Fsp3) is 0.0408. The fourth-order valence-electron chi connectivity index (χ4n) is 7.95. The Bertz CT molecular complexity index is 3340. The lowest BCUT2D eigenvalue weighted by Gasteiger charge is -2.12. The highest BCUT2D eigenvalue weighted by atomic mass is 15.0. The second-order valence-corrected chi connectivity index (χ2v) is 14.1. The molecule has 10 aromatic rings. The maximum atomic E-state index is 5.18. The van der Waals surface area contributed by atoms with Crippen LogP contribution in [-0.2, 0) is 0 Å². The lowest BCUT2D eigenvalue weighted by atomic mass is 9.98. The molecule has 5 heterocycles. The van der Waals surface area contributed by atoms with Crippen molar-refractivity contribution >= 4 is 49.6 Å². The number of hydrogen-bond donors (Lipinski definition) is 0. The molecule has 0 bridgehead atoms. The molecule has 262 valence electrons. The number of aromatic nitrogens is 6. The van der Waals surface area contributed by atoms with E-state index in [2.05, 4.69) is 145 Å². The summed E-state index contributed by atoms with van der Waals surface area (Å²) in [6.07, 6.45) is 8.76. The van der Waals surface area contributed by atoms with Crippen molar-refractivity contribution in [2.75, 3.05) is 6.54 Å². The van der Waals surface area contributed by atoms with Crippen molar-refractivity contribution in [2.45, 2.75) is 6.42 Å². The molecule has 0 spiro atoms. The van der Waals surface area contributed by atoms with Gasteiger partial charge in [0.25, 0.3) is 0 Å². The van der Waals surface area contributed by atoms with Gasteiger partial charge in [0.15, 0.2) is 17.5 Å². The molecule has 0 radical (unpaired) electrons. The third-order valence-electron chi connectivity index (χ3n) is 10.7. The molecule has 0 saturated carbocycles. The molecule has 1 aliphatic rings. The Hall–Kier alpha value is -7.51. The van der Waals surface area contributed by atoms with Crippen LogP contribution in [0.2, 0.25) is 0 Å². The summed E-state index contributed by atoms with van der Waals surface area (Å²) in [7, 11) is 0. The average molecular weight is 718 g/mol. The van der Waals surface area contributed by atoms with Crippen LogP contribution in [0.1, 0.15) is 6.42 Å². The molecule has 1 aliphatic heterocycles. The Morgan fingerprint density at radius 2 is 0.982 bits per heavy atom. The lowest BCUT2D eigenvalue weighted by molar-refractivity contribution is 0.964. The van der Waals surface area contributed by atoms with E-state index < -0.39 is 0 Å². The quantitative estimate of drug-likeness (QED) is 0.165. The van der Waals surface area contributed by atoms with E-state index in [-0.39, 0.29) is 0 Å². The van der Waals surface area contributed by atoms with Crippen LogP contribution in [0.4, 0.5) is 0 Å². The van der Waals surface area contributed by atoms with Gasteiger partial charge in [-0.2, -0.15) is 0 Å². The topological polar surface area (TPSA) is 89.7 Å². The van der Waals surface area contributed by atoms with Crippen LogP contribution in [0.5, 0.6) is 0 Å². The minimum atomic E-state index is 0.592. The number of hydrogen-bond acceptors (Lipinski definition) is 7. The first-order valence-electron chi connectivity index (χ1n) is 18.8. The molecular weight excluding hydrogens is 687 g/mol. The zero-order chi connectivity index (χ0) is 37.0. The maximum Gasteiger partial charge on any atom is 0.164 e. The summed E-state index contributed by atoms with van der Waals surface area (Å²) in [5.74, 6) is 1.80. The summed E-state index contributed by atoms with van der Waals surface area (Å²) in [6, 6.07) is 48.3. The minimum absolute atomic E-state index is 0.592. The monoisotopic (exact) mass is 717 g/mol. The van der Waals surface area contributed by atoms with Gasteiger partial charge in [0.05, 0.1) is 21.9 Å². The third kappa shape index (κ3) is 5.48. The first-order chi connectivity index (χ1) is 27.7. The van der Waals surface area contributed by atoms with Crippen molar-refractivity contribution in [1.82, 2.24) is 29.9 Å². The highest BCUT2D eigenvalue weighted by Crippen LogP contribution is 2.35. The van der Waals surface area contributed by atoms with Crippen molar-refractivity contribution in [3.63, 3.8) is 0 Å². The highest BCUT2D eigenvalue weighted by Gasteiger charge is 2.16. The number of rotatable bonds is 5. The lowest BCUT2D eigenvalue weighted by Crippen LogP contribution is -2.29. The number of nitrogens with zero attached hydrogens (tertiary/aromatic N) is 7. The molecule has 0 N–H and O–H groups in total. The summed E-state index contributed by atoms with van der Waals surface area (Å²) in [4.78, 5) is 34.5. The Kier molecular flexibility index (Phi) is 7.48. The van der Waals surface area contributed by atoms with Gasteiger partial charge in [-0.15, -0.1) is 0 Å². The first kappa shape index (κ1) is 32.0. The van der Waals surface area contributed by atoms with E-state index in [0.717, 1.165) is 106 Å². The predicted molar refractivity (Wildman–Crippen MR) is 225 cm³/mol. The molecule has 7 heteroatoms. The summed E-state index contributed by atoms with van der Waals surface area (Å²) in [6.45, 7) is 0.783. The molecule has 6 aromatic carbocycles. The van der Waals surface area contributed by atoms with Crippen LogP contribution in [0.15, 0.2) is 163 Å². The molecule has 0 amide bonds. The van der Waals surface area contributed by atoms with E-state index >= 15 is 0 Å². The molecule has 4 aromatic heterocycles. The van der Waals surface area contributed by atoms with E-state index in [0.29, 0.717) is 17.5 Å². The first-order valence-corrected chi connectivity index (χ1v) is 18.8. The average Bonchev–Trinajstić information content (AvgIpc) is 3.28. The van der Waals surface area contributed by atoms with Crippen molar-refractivity contribution in [3.05, 3.63) is 169 Å². The smallest absolute Gasteiger partial charge is 0.164 e. The Balaban J connectivity index is 1.07. The van der Waals surface area contributed by atoms with Gasteiger partial charge in [-0.3, -0.25) is 19.9 Å². The van der Waals surface area contributed by atoms with Gasteiger partial charge < -0.3 is 0 Å². The zero-order valence-electron chi connectivity index (χ0n) is 30.1. The number of benzene rings is 6. The normalized spacial score (nSPS) is 12.4. The Labute approximate surface area is 321 Å². The van der Waals surface area contributed by atoms with Crippen LogP contribution < -0.4 is 10.6 Å². The van der Waals surface area contributed by atoms with Crippen molar-refractivity contribution in [3.8, 4) is 56.4 Å². The van der Waals surface area contributed by atoms with Crippen LogP contribution >= 0.6 is 0 Å². The number of pyridine rings is 3.